The van der Waals surface area contributed by atoms with Gasteiger partial charge in [0.1, 0.15) is 0 Å². The van der Waals surface area contributed by atoms with E-state index in [1.807, 2.05) is 13.8 Å². The third kappa shape index (κ3) is 3.20. The van der Waals surface area contributed by atoms with E-state index in [2.05, 4.69) is 17.1 Å². The van der Waals surface area contributed by atoms with Crippen molar-refractivity contribution in [3.63, 3.8) is 0 Å². The van der Waals surface area contributed by atoms with Gasteiger partial charge in [-0.2, -0.15) is 0 Å². The van der Waals surface area contributed by atoms with Crippen LogP contribution in [0.25, 0.3) is 0 Å². The van der Waals surface area contributed by atoms with Crippen LogP contribution in [0.2, 0.25) is 0 Å². The molecule has 1 saturated heterocycles. The fraction of sp³-hybridized carbons (Fsp3) is 1.00. The summed E-state index contributed by atoms with van der Waals surface area (Å²) in [6.45, 7) is 8.56. The Hall–Kier alpha value is -0.130. The summed E-state index contributed by atoms with van der Waals surface area (Å²) in [7, 11) is -3.03. The lowest BCUT2D eigenvalue weighted by atomic mass is 9.91. The molecular weight excluding hydrogens is 272 g/mol. The van der Waals surface area contributed by atoms with E-state index in [4.69, 9.17) is 0 Å². The zero-order chi connectivity index (χ0) is 15.0. The van der Waals surface area contributed by atoms with E-state index in [9.17, 15) is 8.42 Å². The first-order valence-corrected chi connectivity index (χ1v) is 9.77. The van der Waals surface area contributed by atoms with Gasteiger partial charge in [-0.1, -0.05) is 19.8 Å². The van der Waals surface area contributed by atoms with Crippen LogP contribution in [0.4, 0.5) is 0 Å². The Balaban J connectivity index is 2.13. The Labute approximate surface area is 124 Å². The van der Waals surface area contributed by atoms with Gasteiger partial charge in [0.25, 0.3) is 0 Å². The average Bonchev–Trinajstić information content (AvgIpc) is 2.76. The third-order valence-electron chi connectivity index (χ3n) is 5.35. The maximum absolute atomic E-state index is 12.0. The van der Waals surface area contributed by atoms with Gasteiger partial charge in [-0.3, -0.25) is 4.90 Å². The number of rotatable bonds is 4. The van der Waals surface area contributed by atoms with Crippen LogP contribution in [-0.2, 0) is 9.84 Å². The molecule has 1 aliphatic heterocycles. The topological polar surface area (TPSA) is 49.4 Å². The molecule has 0 bridgehead atoms. The van der Waals surface area contributed by atoms with E-state index in [0.29, 0.717) is 12.6 Å². The zero-order valence-corrected chi connectivity index (χ0v) is 14.2. The molecule has 20 heavy (non-hydrogen) atoms. The standard InChI is InChI=1S/C15H30N2O2S/c1-5-13-10-16-15(8-6-7-9-15)12-17(13)11-14(2,3)20(4,18)19/h13,16H,5-12H2,1-4H3. The predicted molar refractivity (Wildman–Crippen MR) is 83.8 cm³/mol. The van der Waals surface area contributed by atoms with E-state index in [1.165, 1.54) is 31.9 Å². The summed E-state index contributed by atoms with van der Waals surface area (Å²) in [5.41, 5.74) is 0.249. The molecule has 2 aliphatic rings. The molecular formula is C15H30N2O2S. The molecule has 5 heteroatoms. The van der Waals surface area contributed by atoms with Gasteiger partial charge in [0, 0.05) is 37.5 Å². The van der Waals surface area contributed by atoms with Crippen LogP contribution < -0.4 is 5.32 Å². The molecule has 0 aromatic carbocycles. The zero-order valence-electron chi connectivity index (χ0n) is 13.4. The lowest BCUT2D eigenvalue weighted by Gasteiger charge is -2.48. The number of piperazine rings is 1. The summed E-state index contributed by atoms with van der Waals surface area (Å²) >= 11 is 0. The SMILES string of the molecule is CCC1CNC2(CCCC2)CN1CC(C)(C)S(C)(=O)=O. The van der Waals surface area contributed by atoms with Crippen molar-refractivity contribution in [2.24, 2.45) is 0 Å². The Morgan fingerprint density at radius 2 is 1.90 bits per heavy atom. The van der Waals surface area contributed by atoms with Crippen molar-refractivity contribution in [1.29, 1.82) is 0 Å². The van der Waals surface area contributed by atoms with Crippen LogP contribution in [0.15, 0.2) is 0 Å². The van der Waals surface area contributed by atoms with E-state index < -0.39 is 14.6 Å². The van der Waals surface area contributed by atoms with E-state index >= 15 is 0 Å². The quantitative estimate of drug-likeness (QED) is 0.860. The first kappa shape index (κ1) is 16.2. The molecule has 1 saturated carbocycles. The molecule has 0 amide bonds. The number of nitrogens with one attached hydrogen (secondary N) is 1. The number of sulfone groups is 1. The maximum Gasteiger partial charge on any atom is 0.153 e. The van der Waals surface area contributed by atoms with Gasteiger partial charge < -0.3 is 5.32 Å². The third-order valence-corrected chi connectivity index (χ3v) is 7.49. The van der Waals surface area contributed by atoms with Gasteiger partial charge in [-0.25, -0.2) is 8.42 Å². The normalized spacial score (nSPS) is 28.1. The molecule has 1 N–H and O–H groups in total. The molecule has 1 spiro atoms. The first-order chi connectivity index (χ1) is 9.19. The van der Waals surface area contributed by atoms with Crippen LogP contribution in [0.1, 0.15) is 52.9 Å². The van der Waals surface area contributed by atoms with Crippen molar-refractivity contribution in [2.75, 3.05) is 25.9 Å². The Kier molecular flexibility index (Phi) is 4.53. The van der Waals surface area contributed by atoms with E-state index in [1.54, 1.807) is 0 Å². The highest BCUT2D eigenvalue weighted by Crippen LogP contribution is 2.34. The van der Waals surface area contributed by atoms with Crippen LogP contribution >= 0.6 is 0 Å². The second-order valence-electron chi connectivity index (χ2n) is 7.37. The minimum absolute atomic E-state index is 0.249. The highest BCUT2D eigenvalue weighted by Gasteiger charge is 2.43. The first-order valence-electron chi connectivity index (χ1n) is 7.88. The van der Waals surface area contributed by atoms with Crippen LogP contribution in [0.5, 0.6) is 0 Å². The Morgan fingerprint density at radius 1 is 1.30 bits per heavy atom. The van der Waals surface area contributed by atoms with Crippen LogP contribution in [-0.4, -0.2) is 55.5 Å². The number of nitrogens with zero attached hydrogens (tertiary/aromatic N) is 1. The summed E-state index contributed by atoms with van der Waals surface area (Å²) in [6.07, 6.45) is 7.50. The van der Waals surface area contributed by atoms with Crippen molar-refractivity contribution < 1.29 is 8.42 Å². The summed E-state index contributed by atoms with van der Waals surface area (Å²) in [4.78, 5) is 2.43. The second kappa shape index (κ2) is 5.58. The Bertz CT molecular complexity index is 439. The smallest absolute Gasteiger partial charge is 0.153 e. The number of hydrogen-bond acceptors (Lipinski definition) is 4. The molecule has 1 heterocycles. The largest absolute Gasteiger partial charge is 0.308 e. The van der Waals surface area contributed by atoms with Gasteiger partial charge in [0.15, 0.2) is 9.84 Å². The molecule has 2 rings (SSSR count). The second-order valence-corrected chi connectivity index (χ2v) is 10.0. The fourth-order valence-corrected chi connectivity index (χ4v) is 4.02. The molecule has 118 valence electrons. The summed E-state index contributed by atoms with van der Waals surface area (Å²) in [6, 6.07) is 0.460. The minimum Gasteiger partial charge on any atom is -0.308 e. The monoisotopic (exact) mass is 302 g/mol. The van der Waals surface area contributed by atoms with Crippen molar-refractivity contribution in [3.8, 4) is 0 Å². The molecule has 4 nitrogen and oxygen atoms in total. The van der Waals surface area contributed by atoms with Gasteiger partial charge in [0.2, 0.25) is 0 Å². The van der Waals surface area contributed by atoms with Gasteiger partial charge in [-0.15, -0.1) is 0 Å². The van der Waals surface area contributed by atoms with Gasteiger partial charge in [0.05, 0.1) is 4.75 Å². The summed E-state index contributed by atoms with van der Waals surface area (Å²) in [5.74, 6) is 0. The molecule has 1 aliphatic carbocycles. The highest BCUT2D eigenvalue weighted by molar-refractivity contribution is 7.92. The molecule has 0 aromatic heterocycles. The fourth-order valence-electron chi connectivity index (χ4n) is 3.62. The van der Waals surface area contributed by atoms with Gasteiger partial charge in [-0.05, 0) is 33.1 Å². The lowest BCUT2D eigenvalue weighted by molar-refractivity contribution is 0.0715. The summed E-state index contributed by atoms with van der Waals surface area (Å²) in [5, 5.41) is 3.76. The van der Waals surface area contributed by atoms with Crippen molar-refractivity contribution in [1.82, 2.24) is 10.2 Å². The maximum atomic E-state index is 12.0. The van der Waals surface area contributed by atoms with Crippen molar-refractivity contribution >= 4 is 9.84 Å². The molecule has 1 unspecified atom stereocenters. The Morgan fingerprint density at radius 3 is 2.40 bits per heavy atom. The molecule has 2 fully saturated rings. The predicted octanol–water partition coefficient (Wildman–Crippen LogP) is 1.81. The number of hydrogen-bond donors (Lipinski definition) is 1. The van der Waals surface area contributed by atoms with Crippen LogP contribution in [0, 0.1) is 0 Å². The average molecular weight is 302 g/mol. The highest BCUT2D eigenvalue weighted by atomic mass is 32.2. The van der Waals surface area contributed by atoms with Crippen LogP contribution in [0.3, 0.4) is 0 Å². The summed E-state index contributed by atoms with van der Waals surface area (Å²) < 4.78 is 23.3. The van der Waals surface area contributed by atoms with Gasteiger partial charge >= 0.3 is 0 Å². The van der Waals surface area contributed by atoms with E-state index in [-0.39, 0.29) is 5.54 Å². The molecule has 1 atom stereocenters. The van der Waals surface area contributed by atoms with Crippen molar-refractivity contribution in [2.45, 2.75) is 69.2 Å². The van der Waals surface area contributed by atoms with E-state index in [0.717, 1.165) is 19.5 Å². The minimum atomic E-state index is -3.03. The molecule has 0 aromatic rings. The van der Waals surface area contributed by atoms with Crippen molar-refractivity contribution in [3.05, 3.63) is 0 Å². The lowest BCUT2D eigenvalue weighted by Crippen LogP contribution is -2.65. The molecule has 0 radical (unpaired) electrons.